The van der Waals surface area contributed by atoms with E-state index in [1.807, 2.05) is 0 Å². The van der Waals surface area contributed by atoms with Crippen LogP contribution in [-0.2, 0) is 18.9 Å². The first-order valence-corrected chi connectivity index (χ1v) is 8.40. The van der Waals surface area contributed by atoms with Crippen molar-refractivity contribution in [2.24, 2.45) is 0 Å². The molecule has 1 aromatic carbocycles. The van der Waals surface area contributed by atoms with Gasteiger partial charge in [-0.3, -0.25) is 0 Å². The molecule has 0 radical (unpaired) electrons. The fourth-order valence-electron chi connectivity index (χ4n) is 1.12. The minimum atomic E-state index is -4.31. The lowest BCUT2D eigenvalue weighted by Crippen LogP contribution is -2.14. The third-order valence-electron chi connectivity index (χ3n) is 2.11. The molecule has 0 heterocycles. The monoisotopic (exact) mass is 300 g/mol. The molecule has 0 amide bonds. The van der Waals surface area contributed by atoms with Gasteiger partial charge in [-0.05, 0) is 32.0 Å². The Balaban J connectivity index is 3.54. The van der Waals surface area contributed by atoms with Gasteiger partial charge in [0.05, 0.1) is 10.1 Å². The summed E-state index contributed by atoms with van der Waals surface area (Å²) in [6.45, 7) is 2.88. The summed E-state index contributed by atoms with van der Waals surface area (Å²) in [5.74, 6) is -1.08. The van der Waals surface area contributed by atoms with Crippen molar-refractivity contribution < 1.29 is 21.2 Å². The summed E-state index contributed by atoms with van der Waals surface area (Å²) in [5.41, 5.74) is 0. The number of rotatable bonds is 3. The van der Waals surface area contributed by atoms with Crippen LogP contribution in [0.4, 0.5) is 4.39 Å². The molecule has 1 rings (SSSR count). The van der Waals surface area contributed by atoms with E-state index >= 15 is 0 Å². The van der Waals surface area contributed by atoms with Crippen molar-refractivity contribution in [1.29, 1.82) is 0 Å². The standard InChI is InChI=1S/C9H10ClFO4S2/c1-6(2)16(12,13)7-3-4-8(11)9(5-7)17(10,14)15/h3-6H,1-2H3. The zero-order valence-corrected chi connectivity index (χ0v) is 11.4. The van der Waals surface area contributed by atoms with E-state index in [0.29, 0.717) is 0 Å². The van der Waals surface area contributed by atoms with Crippen molar-refractivity contribution in [3.05, 3.63) is 24.0 Å². The van der Waals surface area contributed by atoms with Gasteiger partial charge in [-0.2, -0.15) is 0 Å². The van der Waals surface area contributed by atoms with Crippen LogP contribution in [0, 0.1) is 5.82 Å². The van der Waals surface area contributed by atoms with E-state index < -0.39 is 34.9 Å². The van der Waals surface area contributed by atoms with E-state index in [2.05, 4.69) is 0 Å². The summed E-state index contributed by atoms with van der Waals surface area (Å²) in [5, 5.41) is -0.737. The molecule has 0 bridgehead atoms. The van der Waals surface area contributed by atoms with Crippen LogP contribution >= 0.6 is 10.7 Å². The number of hydrogen-bond donors (Lipinski definition) is 0. The topological polar surface area (TPSA) is 68.3 Å². The lowest BCUT2D eigenvalue weighted by Gasteiger charge is -2.08. The molecule has 8 heteroatoms. The third kappa shape index (κ3) is 2.97. The van der Waals surface area contributed by atoms with Gasteiger partial charge in [-0.1, -0.05) is 0 Å². The van der Waals surface area contributed by atoms with Crippen molar-refractivity contribution >= 4 is 29.6 Å². The molecular formula is C9H10ClFO4S2. The van der Waals surface area contributed by atoms with Crippen molar-refractivity contribution in [3.63, 3.8) is 0 Å². The Labute approximate surface area is 104 Å². The SMILES string of the molecule is CC(C)S(=O)(=O)c1ccc(F)c(S(=O)(=O)Cl)c1. The van der Waals surface area contributed by atoms with Gasteiger partial charge in [0.2, 0.25) is 0 Å². The van der Waals surface area contributed by atoms with Crippen LogP contribution in [0.2, 0.25) is 0 Å². The second-order valence-corrected chi connectivity index (χ2v) is 8.66. The molecule has 0 aliphatic rings. The molecular weight excluding hydrogens is 291 g/mol. The molecule has 0 unspecified atom stereocenters. The average molecular weight is 301 g/mol. The smallest absolute Gasteiger partial charge is 0.223 e. The summed E-state index contributed by atoms with van der Waals surface area (Å²) in [6, 6.07) is 2.51. The molecule has 0 atom stereocenters. The van der Waals surface area contributed by atoms with Crippen LogP contribution < -0.4 is 0 Å². The Kier molecular flexibility index (Phi) is 3.85. The van der Waals surface area contributed by atoms with Crippen molar-refractivity contribution in [2.75, 3.05) is 0 Å². The molecule has 0 aromatic heterocycles. The summed E-state index contributed by atoms with van der Waals surface area (Å²) >= 11 is 0. The molecule has 4 nitrogen and oxygen atoms in total. The first-order chi connectivity index (χ1) is 7.56. The van der Waals surface area contributed by atoms with Crippen LogP contribution in [-0.4, -0.2) is 22.1 Å². The Morgan fingerprint density at radius 3 is 2.12 bits per heavy atom. The van der Waals surface area contributed by atoms with Gasteiger partial charge in [0.15, 0.2) is 9.84 Å². The maximum Gasteiger partial charge on any atom is 0.264 e. The Bertz CT molecular complexity index is 635. The van der Waals surface area contributed by atoms with Crippen LogP contribution in [0.3, 0.4) is 0 Å². The number of sulfone groups is 1. The summed E-state index contributed by atoms with van der Waals surface area (Å²) in [4.78, 5) is -1.10. The Hall–Kier alpha value is -0.660. The molecule has 0 saturated heterocycles. The molecule has 0 saturated carbocycles. The number of hydrogen-bond acceptors (Lipinski definition) is 4. The fourth-order valence-corrected chi connectivity index (χ4v) is 3.20. The zero-order chi connectivity index (χ0) is 13.4. The highest BCUT2D eigenvalue weighted by molar-refractivity contribution is 8.13. The molecule has 0 N–H and O–H groups in total. The van der Waals surface area contributed by atoms with Crippen molar-refractivity contribution in [3.8, 4) is 0 Å². The molecule has 17 heavy (non-hydrogen) atoms. The van der Waals surface area contributed by atoms with E-state index in [9.17, 15) is 21.2 Å². The van der Waals surface area contributed by atoms with Crippen molar-refractivity contribution in [1.82, 2.24) is 0 Å². The van der Waals surface area contributed by atoms with Gasteiger partial charge in [-0.15, -0.1) is 0 Å². The lowest BCUT2D eigenvalue weighted by molar-refractivity contribution is 0.570. The van der Waals surface area contributed by atoms with Gasteiger partial charge in [0.1, 0.15) is 10.7 Å². The molecule has 0 aliphatic carbocycles. The Morgan fingerprint density at radius 2 is 1.71 bits per heavy atom. The molecule has 96 valence electrons. The first-order valence-electron chi connectivity index (χ1n) is 4.55. The molecule has 0 fully saturated rings. The predicted octanol–water partition coefficient (Wildman–Crippen LogP) is 1.94. The maximum absolute atomic E-state index is 13.2. The van der Waals surface area contributed by atoms with Crippen LogP contribution in [0.15, 0.2) is 28.0 Å². The van der Waals surface area contributed by atoms with Gasteiger partial charge < -0.3 is 0 Å². The minimum Gasteiger partial charge on any atom is -0.223 e. The zero-order valence-electron chi connectivity index (χ0n) is 9.01. The van der Waals surface area contributed by atoms with Gasteiger partial charge in [-0.25, -0.2) is 21.2 Å². The minimum absolute atomic E-state index is 0.270. The first kappa shape index (κ1) is 14.4. The summed E-state index contributed by atoms with van der Waals surface area (Å²) in [7, 11) is -2.97. The predicted molar refractivity (Wildman–Crippen MR) is 61.8 cm³/mol. The van der Waals surface area contributed by atoms with E-state index in [4.69, 9.17) is 10.7 Å². The van der Waals surface area contributed by atoms with Crippen LogP contribution in [0.1, 0.15) is 13.8 Å². The van der Waals surface area contributed by atoms with Crippen LogP contribution in [0.25, 0.3) is 0 Å². The normalized spacial score (nSPS) is 13.0. The fraction of sp³-hybridized carbons (Fsp3) is 0.333. The van der Waals surface area contributed by atoms with E-state index in [1.54, 1.807) is 0 Å². The van der Waals surface area contributed by atoms with E-state index in [1.165, 1.54) is 13.8 Å². The quantitative estimate of drug-likeness (QED) is 0.632. The highest BCUT2D eigenvalue weighted by Crippen LogP contribution is 2.24. The molecule has 1 aromatic rings. The lowest BCUT2D eigenvalue weighted by atomic mass is 10.3. The molecule has 0 aliphatic heterocycles. The van der Waals surface area contributed by atoms with Crippen LogP contribution in [0.5, 0.6) is 0 Å². The third-order valence-corrected chi connectivity index (χ3v) is 5.60. The van der Waals surface area contributed by atoms with E-state index in [0.717, 1.165) is 18.2 Å². The average Bonchev–Trinajstić information content (AvgIpc) is 2.15. The summed E-state index contributed by atoms with van der Waals surface area (Å²) in [6.07, 6.45) is 0. The number of halogens is 2. The van der Waals surface area contributed by atoms with Gasteiger partial charge in [0.25, 0.3) is 9.05 Å². The highest BCUT2D eigenvalue weighted by Gasteiger charge is 2.24. The second kappa shape index (κ2) is 4.55. The number of benzene rings is 1. The largest absolute Gasteiger partial charge is 0.264 e. The Morgan fingerprint density at radius 1 is 1.18 bits per heavy atom. The highest BCUT2D eigenvalue weighted by atomic mass is 35.7. The molecule has 0 spiro atoms. The van der Waals surface area contributed by atoms with E-state index in [-0.39, 0.29) is 4.90 Å². The maximum atomic E-state index is 13.2. The van der Waals surface area contributed by atoms with Gasteiger partial charge >= 0.3 is 0 Å². The van der Waals surface area contributed by atoms with Gasteiger partial charge in [0, 0.05) is 10.7 Å². The second-order valence-electron chi connectivity index (χ2n) is 3.62. The van der Waals surface area contributed by atoms with Crippen molar-refractivity contribution in [2.45, 2.75) is 28.9 Å². The summed E-state index contributed by atoms with van der Waals surface area (Å²) < 4.78 is 58.8.